The summed E-state index contributed by atoms with van der Waals surface area (Å²) in [6.45, 7) is 17.8. The van der Waals surface area contributed by atoms with Gasteiger partial charge in [-0.15, -0.1) is 0 Å². The van der Waals surface area contributed by atoms with Crippen LogP contribution in [0.5, 0.6) is 5.75 Å². The molecule has 2 aliphatic rings. The van der Waals surface area contributed by atoms with E-state index in [1.165, 1.54) is 37.7 Å². The van der Waals surface area contributed by atoms with Gasteiger partial charge >= 0.3 is 0 Å². The van der Waals surface area contributed by atoms with Crippen LogP contribution in [0.3, 0.4) is 0 Å². The van der Waals surface area contributed by atoms with Gasteiger partial charge in [-0.1, -0.05) is 53.9 Å². The van der Waals surface area contributed by atoms with Crippen LogP contribution in [-0.4, -0.2) is 36.8 Å². The molecule has 7 heteroatoms. The summed E-state index contributed by atoms with van der Waals surface area (Å²) in [6, 6.07) is 6.29. The van der Waals surface area contributed by atoms with E-state index in [2.05, 4.69) is 56.0 Å². The zero-order chi connectivity index (χ0) is 28.1. The topological polar surface area (TPSA) is 80.6 Å². The molecule has 0 atom stereocenters. The minimum Gasteiger partial charge on any atom is -0.493 e. The van der Waals surface area contributed by atoms with Crippen LogP contribution in [-0.2, 0) is 27.4 Å². The molecule has 6 nitrogen and oxygen atoms in total. The van der Waals surface area contributed by atoms with Crippen LogP contribution in [0.15, 0.2) is 23.1 Å². The summed E-state index contributed by atoms with van der Waals surface area (Å²) < 4.78 is 38.1. The van der Waals surface area contributed by atoms with E-state index >= 15 is 0 Å². The predicted octanol–water partition coefficient (Wildman–Crippen LogP) is 6.45. The third-order valence-corrected chi connectivity index (χ3v) is 9.88. The Balaban J connectivity index is 1.91. The second kappa shape index (κ2) is 10.3. The van der Waals surface area contributed by atoms with E-state index in [0.717, 1.165) is 41.2 Å². The van der Waals surface area contributed by atoms with Crippen molar-refractivity contribution >= 4 is 10.0 Å². The number of hydrogen-bond acceptors (Lipinski definition) is 4. The molecular weight excluding hydrogens is 496 g/mol. The highest BCUT2D eigenvalue weighted by Gasteiger charge is 2.35. The molecule has 2 aromatic rings. The number of nitrogens with one attached hydrogen (secondary N) is 1. The van der Waals surface area contributed by atoms with Crippen molar-refractivity contribution in [3.63, 3.8) is 0 Å². The van der Waals surface area contributed by atoms with Crippen molar-refractivity contribution in [1.29, 1.82) is 0 Å². The van der Waals surface area contributed by atoms with Gasteiger partial charge in [0.05, 0.1) is 12.2 Å². The molecule has 1 aliphatic carbocycles. The number of benzene rings is 1. The van der Waals surface area contributed by atoms with Crippen LogP contribution < -0.4 is 9.46 Å². The van der Waals surface area contributed by atoms with Crippen molar-refractivity contribution in [3.05, 3.63) is 35.0 Å². The molecule has 0 radical (unpaired) electrons. The van der Waals surface area contributed by atoms with Gasteiger partial charge in [-0.05, 0) is 80.5 Å². The zero-order valence-electron chi connectivity index (χ0n) is 24.7. The molecule has 1 aliphatic heterocycles. The molecule has 0 unspecified atom stereocenters. The Bertz CT molecular complexity index is 1250. The third-order valence-electron chi connectivity index (χ3n) is 8.37. The lowest BCUT2D eigenvalue weighted by Gasteiger charge is -2.37. The lowest BCUT2D eigenvalue weighted by Crippen LogP contribution is -2.38. The first-order chi connectivity index (χ1) is 17.5. The highest BCUT2D eigenvalue weighted by molar-refractivity contribution is 7.89. The van der Waals surface area contributed by atoms with Crippen molar-refractivity contribution in [2.24, 2.45) is 5.92 Å². The minimum absolute atomic E-state index is 0.0391. The van der Waals surface area contributed by atoms with Crippen LogP contribution in [0.1, 0.15) is 104 Å². The Morgan fingerprint density at radius 2 is 1.74 bits per heavy atom. The van der Waals surface area contributed by atoms with Gasteiger partial charge in [0.1, 0.15) is 10.6 Å². The van der Waals surface area contributed by atoms with E-state index in [1.807, 2.05) is 13.0 Å². The summed E-state index contributed by atoms with van der Waals surface area (Å²) in [7, 11) is -3.81. The fourth-order valence-corrected chi connectivity index (χ4v) is 7.34. The fraction of sp³-hybridized carbons (Fsp3) is 0.677. The van der Waals surface area contributed by atoms with Gasteiger partial charge in [-0.2, -0.15) is 0 Å². The molecule has 0 amide bonds. The monoisotopic (exact) mass is 544 g/mol. The van der Waals surface area contributed by atoms with Crippen molar-refractivity contribution < 1.29 is 18.3 Å². The Kier molecular flexibility index (Phi) is 7.90. The molecule has 2 heterocycles. The van der Waals surface area contributed by atoms with Gasteiger partial charge in [-0.3, -0.25) is 0 Å². The molecule has 38 heavy (non-hydrogen) atoms. The average Bonchev–Trinajstić information content (AvgIpc) is 3.14. The van der Waals surface area contributed by atoms with Gasteiger partial charge in [0, 0.05) is 35.6 Å². The summed E-state index contributed by atoms with van der Waals surface area (Å²) in [6.07, 6.45) is 7.04. The maximum atomic E-state index is 13.5. The van der Waals surface area contributed by atoms with Crippen LogP contribution in [0.25, 0.3) is 11.3 Å². The van der Waals surface area contributed by atoms with Crippen LogP contribution in [0, 0.1) is 12.8 Å². The normalized spacial score (nSPS) is 18.8. The number of fused-ring (bicyclic) bond motifs is 1. The zero-order valence-corrected chi connectivity index (χ0v) is 25.5. The summed E-state index contributed by atoms with van der Waals surface area (Å²) in [5.41, 5.74) is 3.76. The van der Waals surface area contributed by atoms with Crippen molar-refractivity contribution in [3.8, 4) is 17.0 Å². The molecule has 1 aromatic heterocycles. The van der Waals surface area contributed by atoms with E-state index in [-0.39, 0.29) is 22.3 Å². The maximum absolute atomic E-state index is 13.5. The number of ether oxygens (including phenoxy) is 1. The number of aliphatic hydroxyl groups is 1. The first-order valence-electron chi connectivity index (χ1n) is 14.2. The Morgan fingerprint density at radius 1 is 1.08 bits per heavy atom. The van der Waals surface area contributed by atoms with E-state index in [4.69, 9.17) is 4.74 Å². The molecule has 2 N–H and O–H groups in total. The third kappa shape index (κ3) is 6.15. The highest BCUT2D eigenvalue weighted by Crippen LogP contribution is 2.47. The van der Waals surface area contributed by atoms with Gasteiger partial charge in [0.2, 0.25) is 10.0 Å². The average molecular weight is 545 g/mol. The summed E-state index contributed by atoms with van der Waals surface area (Å²) in [4.78, 5) is 0.290. The van der Waals surface area contributed by atoms with Crippen LogP contribution >= 0.6 is 0 Å². The molecule has 212 valence electrons. The molecule has 0 saturated heterocycles. The Morgan fingerprint density at radius 3 is 2.34 bits per heavy atom. The Labute approximate surface area is 230 Å². The standard InChI is InChI=1S/C31H48N2O4S/c1-21-27(38(35,36)32-20-31(7,8)34)18-26(33(21)19-22-12-10-9-11-13-22)23-16-24(29(2,3)4)28-25(17-23)30(5,6)14-15-37-28/h16-18,22,32,34H,9-15,19-20H2,1-8H3. The number of sulfonamides is 1. The molecule has 1 fully saturated rings. The van der Waals surface area contributed by atoms with E-state index < -0.39 is 15.6 Å². The van der Waals surface area contributed by atoms with Crippen molar-refractivity contribution in [2.45, 2.75) is 122 Å². The number of rotatable bonds is 7. The molecule has 0 spiro atoms. The first kappa shape index (κ1) is 29.2. The lowest BCUT2D eigenvalue weighted by molar-refractivity contribution is 0.0857. The smallest absolute Gasteiger partial charge is 0.242 e. The van der Waals surface area contributed by atoms with Gasteiger partial charge in [-0.25, -0.2) is 13.1 Å². The first-order valence-corrected chi connectivity index (χ1v) is 15.7. The number of hydrogen-bond donors (Lipinski definition) is 2. The number of aromatic nitrogens is 1. The lowest BCUT2D eigenvalue weighted by atomic mass is 9.74. The van der Waals surface area contributed by atoms with E-state index in [0.29, 0.717) is 12.5 Å². The molecule has 4 rings (SSSR count). The van der Waals surface area contributed by atoms with Crippen molar-refractivity contribution in [1.82, 2.24) is 9.29 Å². The maximum Gasteiger partial charge on any atom is 0.242 e. The van der Waals surface area contributed by atoms with E-state index in [1.54, 1.807) is 13.8 Å². The van der Waals surface area contributed by atoms with Crippen LogP contribution in [0.2, 0.25) is 0 Å². The Hall–Kier alpha value is -1.83. The molecule has 0 bridgehead atoms. The van der Waals surface area contributed by atoms with Gasteiger partial charge < -0.3 is 14.4 Å². The fourth-order valence-electron chi connectivity index (χ4n) is 5.88. The summed E-state index contributed by atoms with van der Waals surface area (Å²) in [5.74, 6) is 1.52. The predicted molar refractivity (Wildman–Crippen MR) is 155 cm³/mol. The largest absolute Gasteiger partial charge is 0.493 e. The molecular formula is C31H48N2O4S. The quantitative estimate of drug-likeness (QED) is 0.420. The SMILES string of the molecule is Cc1c(S(=O)(=O)NCC(C)(C)O)cc(-c2cc(C(C)(C)C)c3c(c2)C(C)(C)CCO3)n1CC1CCCCC1. The second-order valence-corrected chi connectivity index (χ2v) is 15.6. The van der Waals surface area contributed by atoms with Gasteiger partial charge in [0.15, 0.2) is 0 Å². The summed E-state index contributed by atoms with van der Waals surface area (Å²) >= 11 is 0. The van der Waals surface area contributed by atoms with E-state index in [9.17, 15) is 13.5 Å². The van der Waals surface area contributed by atoms with Gasteiger partial charge in [0.25, 0.3) is 0 Å². The minimum atomic E-state index is -3.81. The molecule has 1 aromatic carbocycles. The molecule has 1 saturated carbocycles. The number of nitrogens with zero attached hydrogens (tertiary/aromatic N) is 1. The second-order valence-electron chi connectivity index (χ2n) is 13.9. The highest BCUT2D eigenvalue weighted by atomic mass is 32.2. The van der Waals surface area contributed by atoms with Crippen molar-refractivity contribution in [2.75, 3.05) is 13.2 Å². The summed E-state index contributed by atoms with van der Waals surface area (Å²) in [5, 5.41) is 10.2. The van der Waals surface area contributed by atoms with Crippen LogP contribution in [0.4, 0.5) is 0 Å².